The number of terminal acetylenes is 1. The summed E-state index contributed by atoms with van der Waals surface area (Å²) in [7, 11) is -4.12. The van der Waals surface area contributed by atoms with Crippen molar-refractivity contribution < 1.29 is 27.1 Å². The summed E-state index contributed by atoms with van der Waals surface area (Å²) >= 11 is 0. The zero-order chi connectivity index (χ0) is 14.6. The van der Waals surface area contributed by atoms with Crippen LogP contribution in [0.3, 0.4) is 0 Å². The first-order valence-electron chi connectivity index (χ1n) is 5.18. The van der Waals surface area contributed by atoms with Gasteiger partial charge < -0.3 is 5.11 Å². The van der Waals surface area contributed by atoms with Gasteiger partial charge in [-0.25, -0.2) is 22.0 Å². The van der Waals surface area contributed by atoms with E-state index in [4.69, 9.17) is 11.5 Å². The van der Waals surface area contributed by atoms with E-state index < -0.39 is 43.7 Å². The highest BCUT2D eigenvalue weighted by molar-refractivity contribution is 7.91. The van der Waals surface area contributed by atoms with E-state index in [-0.39, 0.29) is 12.8 Å². The number of sulfone groups is 1. The van der Waals surface area contributed by atoms with E-state index in [1.54, 1.807) is 0 Å². The Balaban J connectivity index is 3.26. The van der Waals surface area contributed by atoms with Gasteiger partial charge in [0.05, 0.1) is 11.3 Å². The second-order valence-corrected chi connectivity index (χ2v) is 5.78. The molecule has 0 spiro atoms. The molecule has 0 heterocycles. The molecule has 0 saturated heterocycles. The topological polar surface area (TPSA) is 71.4 Å². The number of rotatable bonds is 5. The molecule has 0 fully saturated rings. The summed E-state index contributed by atoms with van der Waals surface area (Å²) in [6.07, 6.45) is 5.21. The number of hydrogen-bond donors (Lipinski definition) is 1. The van der Waals surface area contributed by atoms with E-state index >= 15 is 0 Å². The maximum atomic E-state index is 13.5. The van der Waals surface area contributed by atoms with Crippen LogP contribution in [0.1, 0.15) is 23.2 Å². The molecule has 0 aromatic heterocycles. The highest BCUT2D eigenvalue weighted by Gasteiger charge is 2.24. The van der Waals surface area contributed by atoms with Crippen molar-refractivity contribution in [1.29, 1.82) is 0 Å². The van der Waals surface area contributed by atoms with E-state index in [0.29, 0.717) is 12.1 Å². The molecule has 1 N–H and O–H groups in total. The summed E-state index contributed by atoms with van der Waals surface area (Å²) in [5.41, 5.74) is -0.630. The lowest BCUT2D eigenvalue weighted by molar-refractivity contribution is 0.0696. The van der Waals surface area contributed by atoms with Crippen molar-refractivity contribution in [2.75, 3.05) is 5.75 Å². The quantitative estimate of drug-likeness (QED) is 0.663. The van der Waals surface area contributed by atoms with E-state index in [0.717, 1.165) is 0 Å². The molecule has 0 aliphatic rings. The Bertz CT molecular complexity index is 644. The molecule has 1 rings (SSSR count). The van der Waals surface area contributed by atoms with Crippen molar-refractivity contribution in [3.63, 3.8) is 0 Å². The molecule has 4 nitrogen and oxygen atoms in total. The third kappa shape index (κ3) is 3.51. The standard InChI is InChI=1S/C12H10F2O4S/c1-2-3-4-5-19(17,18)10-7-8(12(15)16)6-9(13)11(10)14/h1,6-7H,3-5H2,(H,15,16). The molecule has 0 atom stereocenters. The predicted octanol–water partition coefficient (Wildman–Crippen LogP) is 1.85. The predicted molar refractivity (Wildman–Crippen MR) is 63.4 cm³/mol. The first kappa shape index (κ1) is 15.1. The maximum absolute atomic E-state index is 13.5. The van der Waals surface area contributed by atoms with Gasteiger partial charge in [-0.05, 0) is 18.6 Å². The highest BCUT2D eigenvalue weighted by atomic mass is 32.2. The Labute approximate surface area is 109 Å². The zero-order valence-electron chi connectivity index (χ0n) is 9.69. The Morgan fingerprint density at radius 3 is 2.53 bits per heavy atom. The van der Waals surface area contributed by atoms with Crippen LogP contribution in [-0.4, -0.2) is 25.2 Å². The number of carboxylic acids is 1. The molecule has 0 aliphatic carbocycles. The van der Waals surface area contributed by atoms with Crippen LogP contribution in [-0.2, 0) is 9.84 Å². The maximum Gasteiger partial charge on any atom is 0.335 e. The highest BCUT2D eigenvalue weighted by Crippen LogP contribution is 2.22. The number of carbonyl (C=O) groups is 1. The summed E-state index contributed by atoms with van der Waals surface area (Å²) in [6, 6.07) is 1.03. The third-order valence-electron chi connectivity index (χ3n) is 2.31. The van der Waals surface area contributed by atoms with Crippen molar-refractivity contribution in [2.45, 2.75) is 17.7 Å². The van der Waals surface area contributed by atoms with Crippen LogP contribution in [0, 0.1) is 24.0 Å². The number of benzene rings is 1. The molecule has 0 amide bonds. The fourth-order valence-corrected chi connectivity index (χ4v) is 2.81. The van der Waals surface area contributed by atoms with Crippen LogP contribution in [0.4, 0.5) is 8.78 Å². The third-order valence-corrected chi connectivity index (χ3v) is 4.10. The molecular weight excluding hydrogens is 278 g/mol. The lowest BCUT2D eigenvalue weighted by atomic mass is 10.2. The van der Waals surface area contributed by atoms with E-state index in [1.807, 2.05) is 0 Å². The number of carboxylic acid groups (broad SMARTS) is 1. The van der Waals surface area contributed by atoms with E-state index in [2.05, 4.69) is 5.92 Å². The van der Waals surface area contributed by atoms with Gasteiger partial charge in [-0.2, -0.15) is 0 Å². The van der Waals surface area contributed by atoms with Crippen LogP contribution in [0.2, 0.25) is 0 Å². The fraction of sp³-hybridized carbons (Fsp3) is 0.250. The van der Waals surface area contributed by atoms with Crippen molar-refractivity contribution in [3.8, 4) is 12.3 Å². The van der Waals surface area contributed by atoms with Gasteiger partial charge in [0.2, 0.25) is 0 Å². The van der Waals surface area contributed by atoms with Crippen molar-refractivity contribution in [2.24, 2.45) is 0 Å². The first-order chi connectivity index (χ1) is 8.79. The van der Waals surface area contributed by atoms with Gasteiger partial charge in [0.25, 0.3) is 0 Å². The second kappa shape index (κ2) is 5.80. The van der Waals surface area contributed by atoms with Gasteiger partial charge in [-0.3, -0.25) is 0 Å². The summed E-state index contributed by atoms with van der Waals surface area (Å²) in [5, 5.41) is 8.69. The minimum atomic E-state index is -4.12. The molecule has 19 heavy (non-hydrogen) atoms. The Kier molecular flexibility index (Phi) is 4.62. The Hall–Kier alpha value is -1.94. The van der Waals surface area contributed by atoms with E-state index in [1.165, 1.54) is 0 Å². The Morgan fingerprint density at radius 2 is 2.00 bits per heavy atom. The number of unbranched alkanes of at least 4 members (excludes halogenated alkanes) is 1. The molecular formula is C12H10F2O4S. The normalized spacial score (nSPS) is 11.0. The van der Waals surface area contributed by atoms with Crippen LogP contribution in [0.25, 0.3) is 0 Å². The van der Waals surface area contributed by atoms with Crippen LogP contribution < -0.4 is 0 Å². The molecule has 1 aromatic rings. The second-order valence-electron chi connectivity index (χ2n) is 3.70. The molecule has 102 valence electrons. The lowest BCUT2D eigenvalue weighted by Gasteiger charge is -2.07. The Morgan fingerprint density at radius 1 is 1.37 bits per heavy atom. The monoisotopic (exact) mass is 288 g/mol. The van der Waals surface area contributed by atoms with Gasteiger partial charge in [0, 0.05) is 6.42 Å². The van der Waals surface area contributed by atoms with Gasteiger partial charge in [-0.1, -0.05) is 0 Å². The first-order valence-corrected chi connectivity index (χ1v) is 6.83. The van der Waals surface area contributed by atoms with Crippen LogP contribution in [0.5, 0.6) is 0 Å². The van der Waals surface area contributed by atoms with Gasteiger partial charge in [-0.15, -0.1) is 12.3 Å². The smallest absolute Gasteiger partial charge is 0.335 e. The summed E-state index contributed by atoms with van der Waals surface area (Å²) in [6.45, 7) is 0. The fourth-order valence-electron chi connectivity index (χ4n) is 1.39. The van der Waals surface area contributed by atoms with Gasteiger partial charge in [0.1, 0.15) is 4.90 Å². The number of halogens is 2. The summed E-state index contributed by atoms with van der Waals surface area (Å²) in [5.74, 6) is -2.89. The number of aromatic carboxylic acids is 1. The van der Waals surface area contributed by atoms with Crippen LogP contribution >= 0.6 is 0 Å². The van der Waals surface area contributed by atoms with Crippen molar-refractivity contribution in [3.05, 3.63) is 29.3 Å². The molecule has 0 saturated carbocycles. The molecule has 0 unspecified atom stereocenters. The van der Waals surface area contributed by atoms with Gasteiger partial charge in [0.15, 0.2) is 21.5 Å². The molecule has 7 heteroatoms. The van der Waals surface area contributed by atoms with Crippen LogP contribution in [0.15, 0.2) is 17.0 Å². The minimum absolute atomic E-state index is 0.0805. The SMILES string of the molecule is C#CCCCS(=O)(=O)c1cc(C(=O)O)cc(F)c1F. The van der Waals surface area contributed by atoms with Gasteiger partial charge >= 0.3 is 5.97 Å². The molecule has 0 aliphatic heterocycles. The summed E-state index contributed by atoms with van der Waals surface area (Å²) < 4.78 is 50.2. The average Bonchev–Trinajstić information content (AvgIpc) is 2.32. The lowest BCUT2D eigenvalue weighted by Crippen LogP contribution is -2.12. The summed E-state index contributed by atoms with van der Waals surface area (Å²) in [4.78, 5) is 9.74. The minimum Gasteiger partial charge on any atom is -0.478 e. The van der Waals surface area contributed by atoms with Crippen molar-refractivity contribution >= 4 is 15.8 Å². The molecule has 0 radical (unpaired) electrons. The van der Waals surface area contributed by atoms with Crippen molar-refractivity contribution in [1.82, 2.24) is 0 Å². The van der Waals surface area contributed by atoms with E-state index in [9.17, 15) is 22.0 Å². The molecule has 0 bridgehead atoms. The largest absolute Gasteiger partial charge is 0.478 e. The zero-order valence-corrected chi connectivity index (χ0v) is 10.5. The average molecular weight is 288 g/mol. The molecule has 1 aromatic carbocycles. The number of hydrogen-bond acceptors (Lipinski definition) is 3.